The fourth-order valence-corrected chi connectivity index (χ4v) is 1.72. The fraction of sp³-hybridized carbons (Fsp3) is 0.400. The highest BCUT2D eigenvalue weighted by atomic mass is 16.3. The minimum Gasteiger partial charge on any atom is -0.387 e. The van der Waals surface area contributed by atoms with Gasteiger partial charge in [0.1, 0.15) is 0 Å². The maximum atomic E-state index is 9.62. The lowest BCUT2D eigenvalue weighted by Gasteiger charge is -2.27. The Labute approximate surface area is 72.2 Å². The van der Waals surface area contributed by atoms with Crippen LogP contribution in [0.15, 0.2) is 24.3 Å². The third-order valence-corrected chi connectivity index (χ3v) is 2.44. The first kappa shape index (κ1) is 7.77. The standard InChI is InChI=1S/C10H13NO/c1-7-8-4-2-3-5-9(8)10(12)6-11-7/h2-5,7,10-12H,6H2,1H3. The van der Waals surface area contributed by atoms with E-state index in [1.54, 1.807) is 0 Å². The number of aliphatic hydroxyl groups is 1. The molecule has 0 bridgehead atoms. The Bertz CT molecular complexity index is 256. The van der Waals surface area contributed by atoms with Gasteiger partial charge in [-0.1, -0.05) is 24.3 Å². The minimum absolute atomic E-state index is 0.336. The van der Waals surface area contributed by atoms with Gasteiger partial charge < -0.3 is 10.4 Å². The van der Waals surface area contributed by atoms with Crippen LogP contribution in [-0.2, 0) is 0 Å². The van der Waals surface area contributed by atoms with Gasteiger partial charge in [-0.3, -0.25) is 0 Å². The van der Waals surface area contributed by atoms with Crippen LogP contribution in [0.4, 0.5) is 0 Å². The van der Waals surface area contributed by atoms with Crippen LogP contribution in [0.3, 0.4) is 0 Å². The average Bonchev–Trinajstić information content (AvgIpc) is 2.12. The zero-order chi connectivity index (χ0) is 8.55. The van der Waals surface area contributed by atoms with Gasteiger partial charge in [-0.25, -0.2) is 0 Å². The topological polar surface area (TPSA) is 32.3 Å². The van der Waals surface area contributed by atoms with Crippen molar-refractivity contribution in [1.82, 2.24) is 5.32 Å². The zero-order valence-corrected chi connectivity index (χ0v) is 7.12. The second-order valence-electron chi connectivity index (χ2n) is 3.27. The van der Waals surface area contributed by atoms with Gasteiger partial charge in [0, 0.05) is 12.6 Å². The Kier molecular flexibility index (Phi) is 1.87. The second kappa shape index (κ2) is 2.88. The highest BCUT2D eigenvalue weighted by Gasteiger charge is 2.21. The van der Waals surface area contributed by atoms with Crippen molar-refractivity contribution >= 4 is 0 Å². The third-order valence-electron chi connectivity index (χ3n) is 2.44. The normalized spacial score (nSPS) is 28.2. The molecule has 1 aromatic rings. The molecule has 64 valence electrons. The molecule has 1 aromatic carbocycles. The summed E-state index contributed by atoms with van der Waals surface area (Å²) >= 11 is 0. The summed E-state index contributed by atoms with van der Waals surface area (Å²) in [6, 6.07) is 8.41. The molecule has 0 fully saturated rings. The molecule has 0 amide bonds. The SMILES string of the molecule is CC1NCC(O)c2ccccc21. The molecule has 2 nitrogen and oxygen atoms in total. The molecule has 0 radical (unpaired) electrons. The van der Waals surface area contributed by atoms with E-state index >= 15 is 0 Å². The van der Waals surface area contributed by atoms with Crippen LogP contribution in [0.2, 0.25) is 0 Å². The molecule has 0 saturated carbocycles. The van der Waals surface area contributed by atoms with Gasteiger partial charge in [0.2, 0.25) is 0 Å². The molecule has 2 heteroatoms. The summed E-state index contributed by atoms with van der Waals surface area (Å²) in [5.74, 6) is 0. The van der Waals surface area contributed by atoms with Crippen molar-refractivity contribution in [1.29, 1.82) is 0 Å². The lowest BCUT2D eigenvalue weighted by Crippen LogP contribution is -2.31. The second-order valence-corrected chi connectivity index (χ2v) is 3.27. The van der Waals surface area contributed by atoms with Crippen molar-refractivity contribution in [3.63, 3.8) is 0 Å². The maximum Gasteiger partial charge on any atom is 0.0917 e. The molecule has 0 aromatic heterocycles. The predicted molar refractivity (Wildman–Crippen MR) is 47.8 cm³/mol. The maximum absolute atomic E-state index is 9.62. The summed E-state index contributed by atoms with van der Waals surface area (Å²) in [7, 11) is 0. The van der Waals surface area contributed by atoms with E-state index in [0.29, 0.717) is 12.6 Å². The molecule has 0 saturated heterocycles. The van der Waals surface area contributed by atoms with Crippen molar-refractivity contribution < 1.29 is 5.11 Å². The van der Waals surface area contributed by atoms with Gasteiger partial charge in [0.25, 0.3) is 0 Å². The van der Waals surface area contributed by atoms with Crippen LogP contribution in [-0.4, -0.2) is 11.7 Å². The molecule has 1 aliphatic rings. The Morgan fingerprint density at radius 3 is 2.67 bits per heavy atom. The van der Waals surface area contributed by atoms with E-state index in [2.05, 4.69) is 18.3 Å². The van der Waals surface area contributed by atoms with Gasteiger partial charge in [0.15, 0.2) is 0 Å². The molecule has 0 aliphatic carbocycles. The van der Waals surface area contributed by atoms with E-state index in [-0.39, 0.29) is 6.10 Å². The summed E-state index contributed by atoms with van der Waals surface area (Å²) in [6.45, 7) is 2.78. The quantitative estimate of drug-likeness (QED) is 0.605. The van der Waals surface area contributed by atoms with Gasteiger partial charge in [0.05, 0.1) is 6.10 Å². The number of benzene rings is 1. The lowest BCUT2D eigenvalue weighted by molar-refractivity contribution is 0.159. The van der Waals surface area contributed by atoms with E-state index in [9.17, 15) is 5.11 Å². The summed E-state index contributed by atoms with van der Waals surface area (Å²) in [5, 5.41) is 12.9. The summed E-state index contributed by atoms with van der Waals surface area (Å²) in [5.41, 5.74) is 2.29. The van der Waals surface area contributed by atoms with Crippen molar-refractivity contribution in [2.24, 2.45) is 0 Å². The van der Waals surface area contributed by atoms with Crippen molar-refractivity contribution in [2.75, 3.05) is 6.54 Å². The predicted octanol–water partition coefficient (Wildman–Crippen LogP) is 1.38. The van der Waals surface area contributed by atoms with Crippen LogP contribution in [0.25, 0.3) is 0 Å². The summed E-state index contributed by atoms with van der Waals surface area (Å²) in [6.07, 6.45) is -0.336. The molecule has 1 heterocycles. The van der Waals surface area contributed by atoms with Gasteiger partial charge in [-0.2, -0.15) is 0 Å². The van der Waals surface area contributed by atoms with Crippen LogP contribution < -0.4 is 5.32 Å². The molecule has 2 atom stereocenters. The van der Waals surface area contributed by atoms with Gasteiger partial charge >= 0.3 is 0 Å². The van der Waals surface area contributed by atoms with E-state index in [1.165, 1.54) is 5.56 Å². The zero-order valence-electron chi connectivity index (χ0n) is 7.12. The van der Waals surface area contributed by atoms with Crippen LogP contribution >= 0.6 is 0 Å². The molecule has 12 heavy (non-hydrogen) atoms. The fourth-order valence-electron chi connectivity index (χ4n) is 1.72. The number of nitrogens with one attached hydrogen (secondary N) is 1. The first-order valence-electron chi connectivity index (χ1n) is 4.29. The third kappa shape index (κ3) is 1.13. The molecule has 0 spiro atoms. The molecular formula is C10H13NO. The van der Waals surface area contributed by atoms with E-state index in [1.807, 2.05) is 18.2 Å². The van der Waals surface area contributed by atoms with Crippen LogP contribution in [0, 0.1) is 0 Å². The average molecular weight is 163 g/mol. The largest absolute Gasteiger partial charge is 0.387 e. The Hall–Kier alpha value is -0.860. The van der Waals surface area contributed by atoms with Gasteiger partial charge in [-0.15, -0.1) is 0 Å². The number of rotatable bonds is 0. The first-order chi connectivity index (χ1) is 5.79. The first-order valence-corrected chi connectivity index (χ1v) is 4.29. The number of aliphatic hydroxyl groups excluding tert-OH is 1. The van der Waals surface area contributed by atoms with Crippen molar-refractivity contribution in [2.45, 2.75) is 19.1 Å². The van der Waals surface area contributed by atoms with E-state index < -0.39 is 0 Å². The van der Waals surface area contributed by atoms with Gasteiger partial charge in [-0.05, 0) is 18.1 Å². The number of hydrogen-bond donors (Lipinski definition) is 2. The van der Waals surface area contributed by atoms with Crippen LogP contribution in [0.5, 0.6) is 0 Å². The molecule has 2 rings (SSSR count). The summed E-state index contributed by atoms with van der Waals surface area (Å²) < 4.78 is 0. The summed E-state index contributed by atoms with van der Waals surface area (Å²) in [4.78, 5) is 0. The highest BCUT2D eigenvalue weighted by molar-refractivity contribution is 5.33. The Morgan fingerprint density at radius 2 is 2.00 bits per heavy atom. The van der Waals surface area contributed by atoms with E-state index in [0.717, 1.165) is 5.56 Å². The number of β-amino-alcohol motifs (C(OH)–C–C–N with tert-alkyl or cyclic N) is 1. The van der Waals surface area contributed by atoms with E-state index in [4.69, 9.17) is 0 Å². The smallest absolute Gasteiger partial charge is 0.0917 e. The van der Waals surface area contributed by atoms with Crippen molar-refractivity contribution in [3.05, 3.63) is 35.4 Å². The number of fused-ring (bicyclic) bond motifs is 1. The molecule has 1 aliphatic heterocycles. The van der Waals surface area contributed by atoms with Crippen molar-refractivity contribution in [3.8, 4) is 0 Å². The molecule has 2 N–H and O–H groups in total. The lowest BCUT2D eigenvalue weighted by atomic mass is 9.94. The Morgan fingerprint density at radius 1 is 1.33 bits per heavy atom. The monoisotopic (exact) mass is 163 g/mol. The highest BCUT2D eigenvalue weighted by Crippen LogP contribution is 2.27. The molecule has 2 unspecified atom stereocenters. The Balaban J connectivity index is 2.47. The minimum atomic E-state index is -0.336. The number of hydrogen-bond acceptors (Lipinski definition) is 2. The molecular weight excluding hydrogens is 150 g/mol. The van der Waals surface area contributed by atoms with Crippen LogP contribution in [0.1, 0.15) is 30.2 Å².